The van der Waals surface area contributed by atoms with Crippen molar-refractivity contribution in [2.24, 2.45) is 5.92 Å². The third kappa shape index (κ3) is 2.84. The van der Waals surface area contributed by atoms with Crippen molar-refractivity contribution in [3.05, 3.63) is 0 Å². The van der Waals surface area contributed by atoms with Crippen molar-refractivity contribution < 1.29 is 9.59 Å². The number of hydrogen-bond donors (Lipinski definition) is 1. The first-order valence-electron chi connectivity index (χ1n) is 8.12. The molecule has 1 unspecified atom stereocenters. The summed E-state index contributed by atoms with van der Waals surface area (Å²) >= 11 is 0. The lowest BCUT2D eigenvalue weighted by Gasteiger charge is -2.46. The second-order valence-corrected chi connectivity index (χ2v) is 6.57. The van der Waals surface area contributed by atoms with E-state index in [2.05, 4.69) is 26.1 Å². The van der Waals surface area contributed by atoms with Crippen LogP contribution in [0.25, 0.3) is 0 Å². The van der Waals surface area contributed by atoms with E-state index in [0.717, 1.165) is 25.7 Å². The number of carbonyl (C=O) groups is 2. The van der Waals surface area contributed by atoms with Crippen LogP contribution < -0.4 is 5.32 Å². The molecule has 1 saturated heterocycles. The van der Waals surface area contributed by atoms with Crippen LogP contribution >= 0.6 is 0 Å². The highest BCUT2D eigenvalue weighted by Gasteiger charge is 2.43. The Hall–Kier alpha value is -1.06. The molecule has 0 aromatic rings. The molecule has 0 bridgehead atoms. The maximum Gasteiger partial charge on any atom is 0.246 e. The van der Waals surface area contributed by atoms with Gasteiger partial charge in [0.2, 0.25) is 11.8 Å². The standard InChI is InChI=1S/C16H28N2O2/c1-4-16(3,5-2)18-11-13(19)17-14(15(18)20)12-9-7-6-8-10-12/h12,14H,4-11H2,1-3H3,(H,17,19). The van der Waals surface area contributed by atoms with Crippen LogP contribution in [0.15, 0.2) is 0 Å². The number of carbonyl (C=O) groups excluding carboxylic acids is 2. The quantitative estimate of drug-likeness (QED) is 0.860. The molecule has 4 heteroatoms. The predicted octanol–water partition coefficient (Wildman–Crippen LogP) is 2.47. The van der Waals surface area contributed by atoms with Crippen LogP contribution in [-0.4, -0.2) is 34.8 Å². The molecule has 2 aliphatic rings. The molecule has 1 aliphatic carbocycles. The van der Waals surface area contributed by atoms with E-state index in [9.17, 15) is 9.59 Å². The highest BCUT2D eigenvalue weighted by atomic mass is 16.2. The minimum atomic E-state index is -0.283. The number of piperazine rings is 1. The van der Waals surface area contributed by atoms with Crippen molar-refractivity contribution in [3.63, 3.8) is 0 Å². The molecule has 2 rings (SSSR count). The Labute approximate surface area is 122 Å². The predicted molar refractivity (Wildman–Crippen MR) is 79.2 cm³/mol. The highest BCUT2D eigenvalue weighted by molar-refractivity contribution is 5.95. The molecule has 20 heavy (non-hydrogen) atoms. The normalized spacial score (nSPS) is 25.8. The number of nitrogens with zero attached hydrogens (tertiary/aromatic N) is 1. The Morgan fingerprint density at radius 1 is 1.15 bits per heavy atom. The molecule has 1 saturated carbocycles. The minimum Gasteiger partial charge on any atom is -0.342 e. The molecular formula is C16H28N2O2. The zero-order valence-corrected chi connectivity index (χ0v) is 13.1. The van der Waals surface area contributed by atoms with Crippen LogP contribution in [0.3, 0.4) is 0 Å². The molecule has 1 heterocycles. The topological polar surface area (TPSA) is 49.4 Å². The first-order valence-corrected chi connectivity index (χ1v) is 8.12. The second-order valence-electron chi connectivity index (χ2n) is 6.57. The Morgan fingerprint density at radius 2 is 1.75 bits per heavy atom. The van der Waals surface area contributed by atoms with Crippen LogP contribution in [0.4, 0.5) is 0 Å². The van der Waals surface area contributed by atoms with E-state index in [1.165, 1.54) is 19.3 Å². The van der Waals surface area contributed by atoms with Crippen molar-refractivity contribution >= 4 is 11.8 Å². The third-order valence-electron chi connectivity index (χ3n) is 5.45. The van der Waals surface area contributed by atoms with Crippen LogP contribution in [0.1, 0.15) is 65.7 Å². The molecule has 0 aromatic heterocycles. The van der Waals surface area contributed by atoms with Gasteiger partial charge in [-0.2, -0.15) is 0 Å². The van der Waals surface area contributed by atoms with Gasteiger partial charge >= 0.3 is 0 Å². The van der Waals surface area contributed by atoms with Gasteiger partial charge in [-0.3, -0.25) is 9.59 Å². The lowest BCUT2D eigenvalue weighted by atomic mass is 9.81. The summed E-state index contributed by atoms with van der Waals surface area (Å²) in [5.41, 5.74) is -0.193. The van der Waals surface area contributed by atoms with Gasteiger partial charge in [-0.25, -0.2) is 0 Å². The van der Waals surface area contributed by atoms with Crippen molar-refractivity contribution in [1.29, 1.82) is 0 Å². The minimum absolute atomic E-state index is 0.00768. The average molecular weight is 280 g/mol. The van der Waals surface area contributed by atoms with E-state index >= 15 is 0 Å². The Morgan fingerprint density at radius 3 is 2.30 bits per heavy atom. The molecule has 2 fully saturated rings. The number of hydrogen-bond acceptors (Lipinski definition) is 2. The smallest absolute Gasteiger partial charge is 0.246 e. The summed E-state index contributed by atoms with van der Waals surface area (Å²) in [4.78, 5) is 26.7. The zero-order valence-electron chi connectivity index (χ0n) is 13.1. The third-order valence-corrected chi connectivity index (χ3v) is 5.45. The summed E-state index contributed by atoms with van der Waals surface area (Å²) in [6.45, 7) is 6.51. The van der Waals surface area contributed by atoms with E-state index < -0.39 is 0 Å². The SMILES string of the molecule is CCC(C)(CC)N1CC(=O)NC(C2CCCCC2)C1=O. The summed E-state index contributed by atoms with van der Waals surface area (Å²) in [5.74, 6) is 0.483. The van der Waals surface area contributed by atoms with Gasteiger partial charge in [0.1, 0.15) is 12.6 Å². The van der Waals surface area contributed by atoms with Gasteiger partial charge in [-0.1, -0.05) is 33.1 Å². The fraction of sp³-hybridized carbons (Fsp3) is 0.875. The van der Waals surface area contributed by atoms with Gasteiger partial charge in [0, 0.05) is 5.54 Å². The van der Waals surface area contributed by atoms with E-state index in [-0.39, 0.29) is 29.9 Å². The summed E-state index contributed by atoms with van der Waals surface area (Å²) in [6, 6.07) is -0.283. The molecule has 1 aliphatic heterocycles. The molecule has 0 spiro atoms. The molecular weight excluding hydrogens is 252 g/mol. The van der Waals surface area contributed by atoms with E-state index in [1.807, 2.05) is 4.90 Å². The van der Waals surface area contributed by atoms with Gasteiger partial charge in [0.25, 0.3) is 0 Å². The monoisotopic (exact) mass is 280 g/mol. The van der Waals surface area contributed by atoms with Crippen LogP contribution in [0, 0.1) is 5.92 Å². The van der Waals surface area contributed by atoms with E-state index in [0.29, 0.717) is 5.92 Å². The largest absolute Gasteiger partial charge is 0.342 e. The Bertz CT molecular complexity index is 371. The number of rotatable bonds is 4. The van der Waals surface area contributed by atoms with Crippen molar-refractivity contribution in [3.8, 4) is 0 Å². The van der Waals surface area contributed by atoms with Crippen molar-refractivity contribution in [2.45, 2.75) is 77.3 Å². The fourth-order valence-corrected chi connectivity index (χ4v) is 3.55. The fourth-order valence-electron chi connectivity index (χ4n) is 3.55. The zero-order chi connectivity index (χ0) is 14.8. The van der Waals surface area contributed by atoms with Crippen molar-refractivity contribution in [2.75, 3.05) is 6.54 Å². The molecule has 1 N–H and O–H groups in total. The Kier molecular flexibility index (Phi) is 4.71. The van der Waals surface area contributed by atoms with Crippen LogP contribution in [0.2, 0.25) is 0 Å². The van der Waals surface area contributed by atoms with Gasteiger partial charge in [0.05, 0.1) is 0 Å². The number of nitrogens with one attached hydrogen (secondary N) is 1. The summed E-state index contributed by atoms with van der Waals surface area (Å²) in [6.07, 6.45) is 7.54. The van der Waals surface area contributed by atoms with Gasteiger partial charge in [-0.05, 0) is 38.5 Å². The Balaban J connectivity index is 2.18. The molecule has 4 nitrogen and oxygen atoms in total. The van der Waals surface area contributed by atoms with Gasteiger partial charge in [-0.15, -0.1) is 0 Å². The maximum absolute atomic E-state index is 12.8. The first kappa shape index (κ1) is 15.3. The first-order chi connectivity index (χ1) is 9.51. The van der Waals surface area contributed by atoms with E-state index in [4.69, 9.17) is 0 Å². The number of amides is 2. The maximum atomic E-state index is 12.8. The lowest BCUT2D eigenvalue weighted by Crippen LogP contribution is -2.65. The molecule has 0 radical (unpaired) electrons. The summed E-state index contributed by atoms with van der Waals surface area (Å²) < 4.78 is 0. The van der Waals surface area contributed by atoms with E-state index in [1.54, 1.807) is 0 Å². The molecule has 1 atom stereocenters. The summed E-state index contributed by atoms with van der Waals surface area (Å²) in [5, 5.41) is 2.96. The van der Waals surface area contributed by atoms with Crippen molar-refractivity contribution in [1.82, 2.24) is 10.2 Å². The molecule has 114 valence electrons. The van der Waals surface area contributed by atoms with Crippen LogP contribution in [-0.2, 0) is 9.59 Å². The van der Waals surface area contributed by atoms with Gasteiger partial charge < -0.3 is 10.2 Å². The molecule has 2 amide bonds. The average Bonchev–Trinajstić information content (AvgIpc) is 2.49. The van der Waals surface area contributed by atoms with Gasteiger partial charge in [0.15, 0.2) is 0 Å². The lowest BCUT2D eigenvalue weighted by molar-refractivity contribution is -0.152. The highest BCUT2D eigenvalue weighted by Crippen LogP contribution is 2.32. The second kappa shape index (κ2) is 6.15. The van der Waals surface area contributed by atoms with Crippen LogP contribution in [0.5, 0.6) is 0 Å². The summed E-state index contributed by atoms with van der Waals surface area (Å²) in [7, 11) is 0. The molecule has 0 aromatic carbocycles.